The topological polar surface area (TPSA) is 26.0 Å². The largest absolute Gasteiger partial charge is 0.324 e. The van der Waals surface area contributed by atoms with Crippen molar-refractivity contribution >= 4 is 10.8 Å². The summed E-state index contributed by atoms with van der Waals surface area (Å²) in [5, 5.41) is 2.24. The molecule has 3 rings (SSSR count). The average molecular weight is 265 g/mol. The van der Waals surface area contributed by atoms with Crippen molar-refractivity contribution in [1.82, 2.24) is 0 Å². The lowest BCUT2D eigenvalue weighted by molar-refractivity contribution is 0.628. The molecule has 3 aromatic carbocycles. The second-order valence-corrected chi connectivity index (χ2v) is 5.05. The number of halogens is 1. The lowest BCUT2D eigenvalue weighted by atomic mass is 9.90. The van der Waals surface area contributed by atoms with Gasteiger partial charge in [-0.1, -0.05) is 48.5 Å². The minimum atomic E-state index is -0.231. The van der Waals surface area contributed by atoms with Gasteiger partial charge in [-0.15, -0.1) is 0 Å². The second-order valence-electron chi connectivity index (χ2n) is 5.05. The van der Waals surface area contributed by atoms with E-state index in [4.69, 9.17) is 5.73 Å². The van der Waals surface area contributed by atoms with Crippen molar-refractivity contribution in [3.05, 3.63) is 72.0 Å². The smallest absolute Gasteiger partial charge is 0.123 e. The summed E-state index contributed by atoms with van der Waals surface area (Å²) < 4.78 is 13.6. The summed E-state index contributed by atoms with van der Waals surface area (Å²) in [6, 6.07) is 18.8. The van der Waals surface area contributed by atoms with Crippen molar-refractivity contribution < 1.29 is 4.39 Å². The molecule has 1 unspecified atom stereocenters. The molecule has 0 saturated heterocycles. The molecule has 20 heavy (non-hydrogen) atoms. The van der Waals surface area contributed by atoms with Crippen LogP contribution >= 0.6 is 0 Å². The zero-order chi connectivity index (χ0) is 14.1. The van der Waals surface area contributed by atoms with E-state index < -0.39 is 0 Å². The second kappa shape index (κ2) is 5.06. The van der Waals surface area contributed by atoms with Crippen LogP contribution in [0.4, 0.5) is 4.39 Å². The van der Waals surface area contributed by atoms with Gasteiger partial charge in [0.2, 0.25) is 0 Å². The van der Waals surface area contributed by atoms with E-state index in [0.29, 0.717) is 0 Å². The zero-order valence-electron chi connectivity index (χ0n) is 11.3. The minimum Gasteiger partial charge on any atom is -0.324 e. The highest BCUT2D eigenvalue weighted by atomic mass is 19.1. The van der Waals surface area contributed by atoms with Crippen LogP contribution in [-0.2, 0) is 0 Å². The number of nitrogens with two attached hydrogens (primary N) is 1. The Labute approximate surface area is 117 Å². The number of hydrogen-bond acceptors (Lipinski definition) is 1. The third-order valence-electron chi connectivity index (χ3n) is 3.57. The summed E-state index contributed by atoms with van der Waals surface area (Å²) in [5.74, 6) is -0.231. The van der Waals surface area contributed by atoms with Crippen molar-refractivity contribution in [3.8, 4) is 11.1 Å². The van der Waals surface area contributed by atoms with Gasteiger partial charge in [0, 0.05) is 6.04 Å². The normalized spacial score (nSPS) is 12.6. The van der Waals surface area contributed by atoms with Gasteiger partial charge in [0.15, 0.2) is 0 Å². The van der Waals surface area contributed by atoms with Crippen LogP contribution in [0.5, 0.6) is 0 Å². The SMILES string of the molecule is CC(N)c1ccc2ccccc2c1-c1cccc(F)c1. The minimum absolute atomic E-state index is 0.0992. The highest BCUT2D eigenvalue weighted by molar-refractivity contribution is 5.98. The molecule has 0 aliphatic carbocycles. The van der Waals surface area contributed by atoms with Crippen LogP contribution in [0.2, 0.25) is 0 Å². The first-order valence-corrected chi connectivity index (χ1v) is 6.70. The van der Waals surface area contributed by atoms with Gasteiger partial charge in [0.1, 0.15) is 5.82 Å². The van der Waals surface area contributed by atoms with Gasteiger partial charge in [0.05, 0.1) is 0 Å². The molecule has 0 saturated carbocycles. The fourth-order valence-corrected chi connectivity index (χ4v) is 2.63. The third-order valence-corrected chi connectivity index (χ3v) is 3.57. The Kier molecular flexibility index (Phi) is 3.25. The van der Waals surface area contributed by atoms with E-state index in [0.717, 1.165) is 27.5 Å². The molecule has 0 aromatic heterocycles. The predicted molar refractivity (Wildman–Crippen MR) is 81.9 cm³/mol. The lowest BCUT2D eigenvalue weighted by Gasteiger charge is -2.16. The molecule has 0 fully saturated rings. The van der Waals surface area contributed by atoms with Crippen molar-refractivity contribution in [1.29, 1.82) is 0 Å². The van der Waals surface area contributed by atoms with Gasteiger partial charge >= 0.3 is 0 Å². The Morgan fingerprint density at radius 3 is 2.50 bits per heavy atom. The fraction of sp³-hybridized carbons (Fsp3) is 0.111. The molecule has 0 radical (unpaired) electrons. The quantitative estimate of drug-likeness (QED) is 0.716. The van der Waals surface area contributed by atoms with Crippen molar-refractivity contribution in [2.75, 3.05) is 0 Å². The standard InChI is InChI=1S/C18H16FN/c1-12(20)16-10-9-13-5-2-3-8-17(13)18(16)14-6-4-7-15(19)11-14/h2-12H,20H2,1H3. The monoisotopic (exact) mass is 265 g/mol. The number of fused-ring (bicyclic) bond motifs is 1. The summed E-state index contributed by atoms with van der Waals surface area (Å²) in [6.07, 6.45) is 0. The van der Waals surface area contributed by atoms with Gasteiger partial charge in [-0.05, 0) is 46.5 Å². The summed E-state index contributed by atoms with van der Waals surface area (Å²) in [4.78, 5) is 0. The van der Waals surface area contributed by atoms with Crippen LogP contribution < -0.4 is 5.73 Å². The van der Waals surface area contributed by atoms with Crippen LogP contribution in [-0.4, -0.2) is 0 Å². The number of benzene rings is 3. The molecule has 3 aromatic rings. The van der Waals surface area contributed by atoms with E-state index in [1.165, 1.54) is 6.07 Å². The highest BCUT2D eigenvalue weighted by Gasteiger charge is 2.13. The Bertz CT molecular complexity index is 762. The molecule has 2 N–H and O–H groups in total. The van der Waals surface area contributed by atoms with Crippen molar-refractivity contribution in [2.24, 2.45) is 5.73 Å². The van der Waals surface area contributed by atoms with E-state index in [-0.39, 0.29) is 11.9 Å². The molecular formula is C18H16FN. The van der Waals surface area contributed by atoms with Gasteiger partial charge in [-0.2, -0.15) is 0 Å². The maximum absolute atomic E-state index is 13.6. The Morgan fingerprint density at radius 1 is 0.950 bits per heavy atom. The number of rotatable bonds is 2. The first-order valence-electron chi connectivity index (χ1n) is 6.70. The maximum Gasteiger partial charge on any atom is 0.123 e. The van der Waals surface area contributed by atoms with E-state index in [9.17, 15) is 4.39 Å². The molecule has 0 aliphatic rings. The van der Waals surface area contributed by atoms with Gasteiger partial charge in [-0.25, -0.2) is 4.39 Å². The third kappa shape index (κ3) is 2.19. The predicted octanol–water partition coefficient (Wildman–Crippen LogP) is 4.67. The molecule has 2 heteroatoms. The number of hydrogen-bond donors (Lipinski definition) is 1. The summed E-state index contributed by atoms with van der Waals surface area (Å²) in [7, 11) is 0. The summed E-state index contributed by atoms with van der Waals surface area (Å²) in [5.41, 5.74) is 9.02. The van der Waals surface area contributed by atoms with Crippen molar-refractivity contribution in [2.45, 2.75) is 13.0 Å². The van der Waals surface area contributed by atoms with E-state index >= 15 is 0 Å². The zero-order valence-corrected chi connectivity index (χ0v) is 11.3. The Hall–Kier alpha value is -2.19. The Balaban J connectivity index is 2.38. The molecule has 100 valence electrons. The van der Waals surface area contributed by atoms with Crippen LogP contribution in [0.15, 0.2) is 60.7 Å². The maximum atomic E-state index is 13.6. The van der Waals surface area contributed by atoms with Crippen LogP contribution in [0.3, 0.4) is 0 Å². The molecule has 0 heterocycles. The molecule has 0 amide bonds. The van der Waals surface area contributed by atoms with Gasteiger partial charge < -0.3 is 5.73 Å². The molecular weight excluding hydrogens is 249 g/mol. The van der Waals surface area contributed by atoms with Crippen LogP contribution in [0.1, 0.15) is 18.5 Å². The molecule has 1 atom stereocenters. The van der Waals surface area contributed by atoms with E-state index in [2.05, 4.69) is 18.2 Å². The first-order chi connectivity index (χ1) is 9.66. The fourth-order valence-electron chi connectivity index (χ4n) is 2.63. The van der Waals surface area contributed by atoms with Crippen LogP contribution in [0, 0.1) is 5.82 Å². The summed E-state index contributed by atoms with van der Waals surface area (Å²) >= 11 is 0. The van der Waals surface area contributed by atoms with Crippen molar-refractivity contribution in [3.63, 3.8) is 0 Å². The Morgan fingerprint density at radius 2 is 1.75 bits per heavy atom. The molecule has 1 nitrogen and oxygen atoms in total. The first kappa shape index (κ1) is 12.8. The van der Waals surface area contributed by atoms with Gasteiger partial charge in [0.25, 0.3) is 0 Å². The summed E-state index contributed by atoms with van der Waals surface area (Å²) in [6.45, 7) is 1.95. The lowest BCUT2D eigenvalue weighted by Crippen LogP contribution is -2.07. The van der Waals surface area contributed by atoms with E-state index in [1.54, 1.807) is 12.1 Å². The highest BCUT2D eigenvalue weighted by Crippen LogP contribution is 2.34. The molecule has 0 aliphatic heterocycles. The van der Waals surface area contributed by atoms with E-state index in [1.807, 2.05) is 31.2 Å². The average Bonchev–Trinajstić information content (AvgIpc) is 2.46. The molecule has 0 spiro atoms. The molecule has 0 bridgehead atoms. The van der Waals surface area contributed by atoms with Crippen LogP contribution in [0.25, 0.3) is 21.9 Å². The van der Waals surface area contributed by atoms with Gasteiger partial charge in [-0.3, -0.25) is 0 Å².